The number of aliphatic hydroxyl groups is 8. The molecule has 0 aromatic rings. The zero-order valence-corrected chi connectivity index (χ0v) is 51.0. The number of ether oxygens (including phenoxy) is 4. The van der Waals surface area contributed by atoms with Crippen molar-refractivity contribution in [2.75, 3.05) is 19.8 Å². The summed E-state index contributed by atoms with van der Waals surface area (Å²) in [6, 6.07) is -0.944. The second-order valence-corrected chi connectivity index (χ2v) is 23.2. The minimum absolute atomic E-state index is 0.252. The van der Waals surface area contributed by atoms with Crippen LogP contribution in [0, 0.1) is 0 Å². The fourth-order valence-electron chi connectivity index (χ4n) is 10.7. The second kappa shape index (κ2) is 52.1. The van der Waals surface area contributed by atoms with E-state index in [2.05, 4.69) is 67.8 Å². The lowest BCUT2D eigenvalue weighted by atomic mass is 9.97. The lowest BCUT2D eigenvalue weighted by Crippen LogP contribution is -2.65. The molecule has 81 heavy (non-hydrogen) atoms. The van der Waals surface area contributed by atoms with Gasteiger partial charge in [-0.05, 0) is 64.2 Å². The van der Waals surface area contributed by atoms with Gasteiger partial charge in [0.05, 0.1) is 32.0 Å². The number of nitrogens with one attached hydrogen (secondary N) is 1. The molecule has 2 saturated heterocycles. The summed E-state index contributed by atoms with van der Waals surface area (Å²) in [5.74, 6) is -0.266. The molecule has 2 aliphatic heterocycles. The van der Waals surface area contributed by atoms with Gasteiger partial charge >= 0.3 is 0 Å². The van der Waals surface area contributed by atoms with E-state index in [9.17, 15) is 45.6 Å². The predicted molar refractivity (Wildman–Crippen MR) is 327 cm³/mol. The first-order valence-electron chi connectivity index (χ1n) is 33.0. The van der Waals surface area contributed by atoms with Crippen molar-refractivity contribution in [3.05, 3.63) is 60.8 Å². The standard InChI is InChI=1S/C67H121NO13/c1-3-5-7-9-11-13-15-17-19-20-21-22-23-24-25-26-27-28-29-30-31-32-33-34-35-37-38-40-42-44-46-48-50-56(71)55(68-59(72)51-49-47-45-43-41-39-36-18-16-14-12-10-8-6-4-2)54-78-66-64(77)62(75)65(58(53-70)80-66)81-67-63(76)61(74)60(73)57(52-69)79-67/h6,8,12,14,18,36,40,42,48,50,55-58,60-67,69-71,73-77H,3-5,7,9-11,13,15-17,19-35,37-39,41,43-47,49,51-54H2,1-2H3,(H,68,72)/b8-6-,14-12-,36-18-,42-40+,50-48+. The number of unbranched alkanes of at least 4 members (excludes halogenated alkanes) is 32. The third kappa shape index (κ3) is 37.0. The van der Waals surface area contributed by atoms with Crippen LogP contribution in [0.1, 0.15) is 264 Å². The fraction of sp³-hybridized carbons (Fsp3) is 0.836. The van der Waals surface area contributed by atoms with Crippen LogP contribution in [0.25, 0.3) is 0 Å². The van der Waals surface area contributed by atoms with E-state index in [1.54, 1.807) is 6.08 Å². The molecule has 0 aromatic heterocycles. The van der Waals surface area contributed by atoms with E-state index in [1.807, 2.05) is 6.08 Å². The molecule has 0 bridgehead atoms. The smallest absolute Gasteiger partial charge is 0.220 e. The van der Waals surface area contributed by atoms with E-state index < -0.39 is 86.8 Å². The van der Waals surface area contributed by atoms with Gasteiger partial charge in [-0.3, -0.25) is 4.79 Å². The number of hydrogen-bond acceptors (Lipinski definition) is 13. The number of carbonyl (C=O) groups excluding carboxylic acids is 1. The van der Waals surface area contributed by atoms with E-state index in [0.29, 0.717) is 12.8 Å². The summed E-state index contributed by atoms with van der Waals surface area (Å²) in [5, 5.41) is 87.2. The molecule has 0 saturated carbocycles. The molecule has 9 N–H and O–H groups in total. The Hall–Kier alpha value is -2.31. The number of hydrogen-bond donors (Lipinski definition) is 9. The van der Waals surface area contributed by atoms with Crippen molar-refractivity contribution in [3.63, 3.8) is 0 Å². The van der Waals surface area contributed by atoms with Gasteiger partial charge in [-0.25, -0.2) is 0 Å². The van der Waals surface area contributed by atoms with Crippen molar-refractivity contribution >= 4 is 5.91 Å². The predicted octanol–water partition coefficient (Wildman–Crippen LogP) is 12.5. The molecule has 2 aliphatic rings. The molecule has 2 heterocycles. The van der Waals surface area contributed by atoms with Crippen LogP contribution in [0.4, 0.5) is 0 Å². The van der Waals surface area contributed by atoms with Crippen molar-refractivity contribution < 1.29 is 64.6 Å². The largest absolute Gasteiger partial charge is 0.394 e. The summed E-state index contributed by atoms with van der Waals surface area (Å²) in [7, 11) is 0. The van der Waals surface area contributed by atoms with Crippen molar-refractivity contribution in [3.8, 4) is 0 Å². The SMILES string of the molecule is CC/C=C\C/C=C\C/C=C\CCCCCCCC(=O)NC(COC1OC(CO)C(OC2OC(CO)C(O)C(O)C2O)C(O)C1O)C(O)/C=C/CC/C=C/CCCCCCCCCCCCCCCCCCCCCCCCCCCC. The normalized spacial score (nSPS) is 24.5. The van der Waals surface area contributed by atoms with Gasteiger partial charge in [0.1, 0.15) is 48.8 Å². The number of amides is 1. The topological polar surface area (TPSA) is 228 Å². The molecule has 0 aromatic carbocycles. The molecule has 2 fully saturated rings. The highest BCUT2D eigenvalue weighted by molar-refractivity contribution is 5.76. The zero-order valence-electron chi connectivity index (χ0n) is 51.0. The van der Waals surface area contributed by atoms with Crippen molar-refractivity contribution in [2.45, 2.75) is 338 Å². The van der Waals surface area contributed by atoms with Crippen LogP contribution in [0.3, 0.4) is 0 Å². The average molecular weight is 1150 g/mol. The van der Waals surface area contributed by atoms with Gasteiger partial charge in [0, 0.05) is 6.42 Å². The first-order chi connectivity index (χ1) is 39.6. The Morgan fingerprint density at radius 2 is 0.864 bits per heavy atom. The van der Waals surface area contributed by atoms with Gasteiger partial charge in [-0.2, -0.15) is 0 Å². The summed E-state index contributed by atoms with van der Waals surface area (Å²) in [6.07, 6.45) is 51.5. The molecule has 2 rings (SSSR count). The van der Waals surface area contributed by atoms with Crippen molar-refractivity contribution in [1.82, 2.24) is 5.32 Å². The summed E-state index contributed by atoms with van der Waals surface area (Å²) >= 11 is 0. The quantitative estimate of drug-likeness (QED) is 0.0204. The number of carbonyl (C=O) groups is 1. The molecule has 12 atom stereocenters. The van der Waals surface area contributed by atoms with Gasteiger partial charge < -0.3 is 65.1 Å². The average Bonchev–Trinajstić information content (AvgIpc) is 3.47. The second-order valence-electron chi connectivity index (χ2n) is 23.2. The van der Waals surface area contributed by atoms with Crippen molar-refractivity contribution in [1.29, 1.82) is 0 Å². The van der Waals surface area contributed by atoms with E-state index in [0.717, 1.165) is 64.2 Å². The van der Waals surface area contributed by atoms with Gasteiger partial charge in [0.25, 0.3) is 0 Å². The van der Waals surface area contributed by atoms with Gasteiger partial charge in [-0.1, -0.05) is 254 Å². The maximum absolute atomic E-state index is 13.2. The number of aliphatic hydroxyl groups excluding tert-OH is 8. The van der Waals surface area contributed by atoms with Crippen LogP contribution in [0.5, 0.6) is 0 Å². The highest BCUT2D eigenvalue weighted by Gasteiger charge is 2.51. The van der Waals surface area contributed by atoms with Crippen LogP contribution >= 0.6 is 0 Å². The van der Waals surface area contributed by atoms with Crippen LogP contribution < -0.4 is 5.32 Å². The molecule has 1 amide bonds. The van der Waals surface area contributed by atoms with E-state index in [1.165, 1.54) is 167 Å². The Kier molecular flexibility index (Phi) is 48.1. The molecule has 0 radical (unpaired) electrons. The Morgan fingerprint density at radius 1 is 0.457 bits per heavy atom. The van der Waals surface area contributed by atoms with E-state index in [-0.39, 0.29) is 18.9 Å². The van der Waals surface area contributed by atoms with Crippen LogP contribution in [0.15, 0.2) is 60.8 Å². The first kappa shape index (κ1) is 74.8. The van der Waals surface area contributed by atoms with Gasteiger partial charge in [0.15, 0.2) is 12.6 Å². The molecule has 0 spiro atoms. The van der Waals surface area contributed by atoms with Crippen LogP contribution in [-0.4, -0.2) is 140 Å². The molecular formula is C67H121NO13. The molecule has 14 heteroatoms. The maximum atomic E-state index is 13.2. The zero-order chi connectivity index (χ0) is 58.8. The molecule has 472 valence electrons. The number of allylic oxidation sites excluding steroid dienone is 9. The summed E-state index contributed by atoms with van der Waals surface area (Å²) in [6.45, 7) is 2.67. The minimum atomic E-state index is -1.80. The summed E-state index contributed by atoms with van der Waals surface area (Å²) in [5.41, 5.74) is 0. The minimum Gasteiger partial charge on any atom is -0.394 e. The summed E-state index contributed by atoms with van der Waals surface area (Å²) in [4.78, 5) is 13.2. The van der Waals surface area contributed by atoms with Crippen molar-refractivity contribution in [2.24, 2.45) is 0 Å². The molecular weight excluding hydrogens is 1030 g/mol. The van der Waals surface area contributed by atoms with E-state index >= 15 is 0 Å². The molecule has 14 nitrogen and oxygen atoms in total. The Balaban J connectivity index is 1.68. The van der Waals surface area contributed by atoms with E-state index in [4.69, 9.17) is 18.9 Å². The third-order valence-corrected chi connectivity index (χ3v) is 15.9. The Labute approximate surface area is 492 Å². The highest BCUT2D eigenvalue weighted by atomic mass is 16.7. The molecule has 12 unspecified atom stereocenters. The molecule has 0 aliphatic carbocycles. The van der Waals surface area contributed by atoms with Gasteiger partial charge in [-0.15, -0.1) is 0 Å². The maximum Gasteiger partial charge on any atom is 0.220 e. The fourth-order valence-corrected chi connectivity index (χ4v) is 10.7. The monoisotopic (exact) mass is 1150 g/mol. The Morgan fingerprint density at radius 3 is 1.36 bits per heavy atom. The first-order valence-corrected chi connectivity index (χ1v) is 33.0. The summed E-state index contributed by atoms with van der Waals surface area (Å²) < 4.78 is 22.8. The highest BCUT2D eigenvalue weighted by Crippen LogP contribution is 2.30. The van der Waals surface area contributed by atoms with Gasteiger partial charge in [0.2, 0.25) is 5.91 Å². The van der Waals surface area contributed by atoms with Crippen LogP contribution in [0.2, 0.25) is 0 Å². The lowest BCUT2D eigenvalue weighted by molar-refractivity contribution is -0.359. The lowest BCUT2D eigenvalue weighted by Gasteiger charge is -2.46. The number of rotatable bonds is 53. The Bertz CT molecular complexity index is 1590. The third-order valence-electron chi connectivity index (χ3n) is 15.9. The van der Waals surface area contributed by atoms with Crippen LogP contribution in [-0.2, 0) is 23.7 Å².